The number of carbonyl (C=O) groups excluding carboxylic acids is 4. The van der Waals surface area contributed by atoms with Gasteiger partial charge in [0.1, 0.15) is 19.3 Å². The van der Waals surface area contributed by atoms with Gasteiger partial charge >= 0.3 is 39.5 Å². The highest BCUT2D eigenvalue weighted by Gasteiger charge is 2.30. The first-order valence-electron chi connectivity index (χ1n) is 41.2. The molecule has 0 rings (SSSR count). The normalized spacial score (nSPS) is 14.3. The number of hydrogen-bond acceptors (Lipinski definition) is 15. The Morgan fingerprint density at radius 2 is 0.485 bits per heavy atom. The van der Waals surface area contributed by atoms with Crippen LogP contribution in [0.3, 0.4) is 0 Å². The largest absolute Gasteiger partial charge is 0.472 e. The smallest absolute Gasteiger partial charge is 0.462 e. The topological polar surface area (TPSA) is 237 Å². The summed E-state index contributed by atoms with van der Waals surface area (Å²) < 4.78 is 68.6. The highest BCUT2D eigenvalue weighted by molar-refractivity contribution is 7.47. The first-order valence-corrected chi connectivity index (χ1v) is 44.2. The van der Waals surface area contributed by atoms with E-state index in [0.29, 0.717) is 31.6 Å². The van der Waals surface area contributed by atoms with Gasteiger partial charge in [-0.1, -0.05) is 357 Å². The van der Waals surface area contributed by atoms with Crippen LogP contribution in [0.1, 0.15) is 409 Å². The number of rotatable bonds is 77. The Balaban J connectivity index is 5.18. The summed E-state index contributed by atoms with van der Waals surface area (Å²) in [6, 6.07) is 0. The molecular weight excluding hydrogens is 1290 g/mol. The number of ether oxygens (including phenoxy) is 4. The number of esters is 4. The highest BCUT2D eigenvalue weighted by Crippen LogP contribution is 2.45. The Hall–Kier alpha value is -1.94. The molecule has 0 aliphatic heterocycles. The Morgan fingerprint density at radius 1 is 0.283 bits per heavy atom. The predicted octanol–water partition coefficient (Wildman–Crippen LogP) is 23.6. The Labute approximate surface area is 607 Å². The second-order valence-electron chi connectivity index (χ2n) is 30.5. The van der Waals surface area contributed by atoms with Gasteiger partial charge in [0.2, 0.25) is 0 Å². The molecule has 0 aromatic carbocycles. The lowest BCUT2D eigenvalue weighted by atomic mass is 9.99. The molecule has 0 spiro atoms. The van der Waals surface area contributed by atoms with E-state index >= 15 is 0 Å². The number of aliphatic hydroxyl groups excluding tert-OH is 1. The van der Waals surface area contributed by atoms with Gasteiger partial charge in [-0.25, -0.2) is 9.13 Å². The number of phosphoric ester groups is 2. The van der Waals surface area contributed by atoms with Crippen LogP contribution in [0.25, 0.3) is 0 Å². The molecule has 0 amide bonds. The van der Waals surface area contributed by atoms with Gasteiger partial charge in [0, 0.05) is 25.7 Å². The van der Waals surface area contributed by atoms with Gasteiger partial charge in [-0.05, 0) is 49.4 Å². The molecule has 0 aromatic rings. The minimum atomic E-state index is -4.96. The van der Waals surface area contributed by atoms with Crippen molar-refractivity contribution in [2.24, 2.45) is 23.7 Å². The first-order chi connectivity index (χ1) is 47.6. The molecule has 0 aromatic heterocycles. The van der Waals surface area contributed by atoms with E-state index in [-0.39, 0.29) is 25.7 Å². The maximum atomic E-state index is 13.1. The predicted molar refractivity (Wildman–Crippen MR) is 404 cm³/mol. The number of unbranched alkanes of at least 4 members (excludes halogenated alkanes) is 42. The van der Waals surface area contributed by atoms with Crippen LogP contribution in [0, 0.1) is 23.7 Å². The molecule has 0 radical (unpaired) electrons. The zero-order valence-corrected chi connectivity index (χ0v) is 66.9. The molecule has 17 nitrogen and oxygen atoms in total. The van der Waals surface area contributed by atoms with Gasteiger partial charge < -0.3 is 33.8 Å². The Bertz CT molecular complexity index is 1940. The molecular formula is C80H156O17P2. The van der Waals surface area contributed by atoms with Crippen LogP contribution in [0.4, 0.5) is 0 Å². The summed E-state index contributed by atoms with van der Waals surface area (Å²) in [6.07, 6.45) is 55.7. The molecule has 0 fully saturated rings. The van der Waals surface area contributed by atoms with Gasteiger partial charge in [-0.2, -0.15) is 0 Å². The van der Waals surface area contributed by atoms with E-state index in [1.165, 1.54) is 205 Å². The Morgan fingerprint density at radius 3 is 0.717 bits per heavy atom. The highest BCUT2D eigenvalue weighted by atomic mass is 31.2. The van der Waals surface area contributed by atoms with Crippen molar-refractivity contribution in [3.63, 3.8) is 0 Å². The third-order valence-electron chi connectivity index (χ3n) is 18.9. The van der Waals surface area contributed by atoms with Gasteiger partial charge in [0.25, 0.3) is 0 Å². The van der Waals surface area contributed by atoms with Crippen LogP contribution in [0.2, 0.25) is 0 Å². The standard InChI is InChI=1S/C80H156O17P2/c1-9-73(8)59-51-43-35-26-22-18-14-12-10-11-13-15-19-23-27-37-46-54-62-80(85)97-76(67-91-78(83)61-53-45-39-31-34-42-50-58-72(6)7)69-95-99(88,89)93-65-74(81)64-92-98(86,87)94-68-75(66-90-77(82)60-52-44-36-30-29-33-41-49-57-71(4)5)96-79(84)63-55-47-38-28-24-20-16-17-21-25-32-40-48-56-70(2)3/h70-76,81H,9-69H2,1-8H3,(H,86,87)(H,88,89)/t73?,74?,75-,76-/m1/s1. The molecule has 6 atom stereocenters. The number of carbonyl (C=O) groups is 4. The molecule has 0 saturated heterocycles. The van der Waals surface area contributed by atoms with E-state index in [0.717, 1.165) is 114 Å². The maximum Gasteiger partial charge on any atom is 0.472 e. The Kier molecular flexibility index (Phi) is 67.8. The number of phosphoric acid groups is 2. The summed E-state index contributed by atoms with van der Waals surface area (Å²) in [4.78, 5) is 72.9. The van der Waals surface area contributed by atoms with Gasteiger partial charge in [-0.3, -0.25) is 37.3 Å². The summed E-state index contributed by atoms with van der Waals surface area (Å²) >= 11 is 0. The van der Waals surface area contributed by atoms with E-state index in [1.807, 2.05) is 0 Å². The van der Waals surface area contributed by atoms with Crippen LogP contribution in [-0.2, 0) is 65.4 Å². The summed E-state index contributed by atoms with van der Waals surface area (Å²) in [5.41, 5.74) is 0. The van der Waals surface area contributed by atoms with Crippen molar-refractivity contribution < 1.29 is 80.2 Å². The van der Waals surface area contributed by atoms with E-state index in [1.54, 1.807) is 0 Å². The molecule has 0 aliphatic rings. The minimum absolute atomic E-state index is 0.106. The van der Waals surface area contributed by atoms with E-state index in [9.17, 15) is 43.2 Å². The molecule has 588 valence electrons. The average molecular weight is 1450 g/mol. The lowest BCUT2D eigenvalue weighted by Gasteiger charge is -2.21. The maximum absolute atomic E-state index is 13.1. The van der Waals surface area contributed by atoms with Crippen LogP contribution in [-0.4, -0.2) is 96.7 Å². The second-order valence-corrected chi connectivity index (χ2v) is 33.4. The van der Waals surface area contributed by atoms with Crippen molar-refractivity contribution in [2.45, 2.75) is 427 Å². The summed E-state index contributed by atoms with van der Waals surface area (Å²) in [7, 11) is -9.92. The van der Waals surface area contributed by atoms with Gasteiger partial charge in [0.15, 0.2) is 12.2 Å². The molecule has 4 unspecified atom stereocenters. The molecule has 3 N–H and O–H groups in total. The van der Waals surface area contributed by atoms with E-state index < -0.39 is 97.5 Å². The van der Waals surface area contributed by atoms with Crippen molar-refractivity contribution in [3.05, 3.63) is 0 Å². The van der Waals surface area contributed by atoms with Crippen molar-refractivity contribution in [1.29, 1.82) is 0 Å². The monoisotopic (exact) mass is 1450 g/mol. The lowest BCUT2D eigenvalue weighted by molar-refractivity contribution is -0.161. The van der Waals surface area contributed by atoms with Crippen LogP contribution in [0.5, 0.6) is 0 Å². The fourth-order valence-corrected chi connectivity index (χ4v) is 13.8. The zero-order chi connectivity index (χ0) is 73.1. The van der Waals surface area contributed by atoms with E-state index in [2.05, 4.69) is 55.4 Å². The van der Waals surface area contributed by atoms with Crippen LogP contribution < -0.4 is 0 Å². The summed E-state index contributed by atoms with van der Waals surface area (Å²) in [5.74, 6) is 0.971. The van der Waals surface area contributed by atoms with Crippen LogP contribution >= 0.6 is 15.6 Å². The minimum Gasteiger partial charge on any atom is -0.462 e. The fraction of sp³-hybridized carbons (Fsp3) is 0.950. The molecule has 19 heteroatoms. The van der Waals surface area contributed by atoms with Crippen LogP contribution in [0.15, 0.2) is 0 Å². The van der Waals surface area contributed by atoms with Crippen molar-refractivity contribution in [1.82, 2.24) is 0 Å². The van der Waals surface area contributed by atoms with Crippen molar-refractivity contribution in [2.75, 3.05) is 39.6 Å². The molecule has 0 bridgehead atoms. The SMILES string of the molecule is CCC(C)CCCCCCCCCCCCCCCCCCCCC(=O)O[C@H](COC(=O)CCCCCCCCCC(C)C)COP(=O)(O)OCC(O)COP(=O)(O)OC[C@@H](COC(=O)CCCCCCCCCCC(C)C)OC(=O)CCCCCCCCCCCCCCCC(C)C. The summed E-state index contributed by atoms with van der Waals surface area (Å²) in [6.45, 7) is 14.2. The van der Waals surface area contributed by atoms with Crippen molar-refractivity contribution >= 4 is 39.5 Å². The zero-order valence-electron chi connectivity index (χ0n) is 65.1. The van der Waals surface area contributed by atoms with Crippen molar-refractivity contribution in [3.8, 4) is 0 Å². The number of hydrogen-bond donors (Lipinski definition) is 3. The number of aliphatic hydroxyl groups is 1. The second kappa shape index (κ2) is 69.1. The quantitative estimate of drug-likeness (QED) is 0.0222. The first kappa shape index (κ1) is 97.1. The van der Waals surface area contributed by atoms with Gasteiger partial charge in [-0.15, -0.1) is 0 Å². The third kappa shape index (κ3) is 72.8. The molecule has 99 heavy (non-hydrogen) atoms. The summed E-state index contributed by atoms with van der Waals surface area (Å²) in [5, 5.41) is 10.6. The molecule has 0 heterocycles. The fourth-order valence-electron chi connectivity index (χ4n) is 12.2. The molecule has 0 aliphatic carbocycles. The van der Waals surface area contributed by atoms with E-state index in [4.69, 9.17) is 37.0 Å². The average Bonchev–Trinajstić information content (AvgIpc) is 1.03. The third-order valence-corrected chi connectivity index (χ3v) is 20.8. The lowest BCUT2D eigenvalue weighted by Crippen LogP contribution is -2.30. The molecule has 0 saturated carbocycles. The van der Waals surface area contributed by atoms with Gasteiger partial charge in [0.05, 0.1) is 26.4 Å².